The largest absolute Gasteiger partial charge is 0.314 e. The van der Waals surface area contributed by atoms with E-state index in [4.69, 9.17) is 0 Å². The number of aryl methyl sites for hydroxylation is 1. The zero-order valence-corrected chi connectivity index (χ0v) is 10.8. The lowest BCUT2D eigenvalue weighted by Gasteiger charge is -2.20. The predicted molar refractivity (Wildman–Crippen MR) is 72.3 cm³/mol. The lowest BCUT2D eigenvalue weighted by atomic mass is 9.88. The highest BCUT2D eigenvalue weighted by Crippen LogP contribution is 2.39. The first-order valence-corrected chi connectivity index (χ1v) is 7.13. The van der Waals surface area contributed by atoms with Crippen LogP contribution in [0.2, 0.25) is 0 Å². The van der Waals surface area contributed by atoms with Gasteiger partial charge in [-0.2, -0.15) is 0 Å². The van der Waals surface area contributed by atoms with Crippen LogP contribution in [0.5, 0.6) is 0 Å². The molecule has 0 amide bonds. The third-order valence-electron chi connectivity index (χ3n) is 4.41. The van der Waals surface area contributed by atoms with E-state index < -0.39 is 0 Å². The van der Waals surface area contributed by atoms with Crippen molar-refractivity contribution >= 4 is 0 Å². The van der Waals surface area contributed by atoms with E-state index in [2.05, 4.69) is 36.5 Å². The Kier molecular flexibility index (Phi) is 3.19. The fraction of sp³-hybridized carbons (Fsp3) is 0.625. The molecule has 0 saturated heterocycles. The normalized spacial score (nSPS) is 28.5. The summed E-state index contributed by atoms with van der Waals surface area (Å²) < 4.78 is 0. The molecule has 2 unspecified atom stereocenters. The molecule has 0 spiro atoms. The van der Waals surface area contributed by atoms with Gasteiger partial charge < -0.3 is 5.32 Å². The van der Waals surface area contributed by atoms with E-state index in [1.807, 2.05) is 0 Å². The van der Waals surface area contributed by atoms with Gasteiger partial charge in [-0.1, -0.05) is 36.2 Å². The van der Waals surface area contributed by atoms with E-state index in [9.17, 15) is 0 Å². The zero-order chi connectivity index (χ0) is 11.7. The quantitative estimate of drug-likeness (QED) is 0.831. The molecule has 2 aliphatic carbocycles. The maximum atomic E-state index is 3.71. The van der Waals surface area contributed by atoms with Gasteiger partial charge in [0, 0.05) is 6.04 Å². The monoisotopic (exact) mass is 229 g/mol. The third kappa shape index (κ3) is 2.71. The van der Waals surface area contributed by atoms with Crippen LogP contribution in [0.25, 0.3) is 0 Å². The summed E-state index contributed by atoms with van der Waals surface area (Å²) in [5, 5.41) is 3.71. The third-order valence-corrected chi connectivity index (χ3v) is 4.41. The molecule has 17 heavy (non-hydrogen) atoms. The van der Waals surface area contributed by atoms with Gasteiger partial charge in [0.2, 0.25) is 0 Å². The summed E-state index contributed by atoms with van der Waals surface area (Å²) in [6.07, 6.45) is 7.03. The van der Waals surface area contributed by atoms with Gasteiger partial charge in [-0.15, -0.1) is 0 Å². The molecule has 2 atom stereocenters. The Morgan fingerprint density at radius 1 is 1.06 bits per heavy atom. The van der Waals surface area contributed by atoms with E-state index in [1.165, 1.54) is 44.2 Å². The molecule has 1 aromatic carbocycles. The van der Waals surface area contributed by atoms with Crippen molar-refractivity contribution < 1.29 is 0 Å². The first-order valence-electron chi connectivity index (χ1n) is 7.13. The summed E-state index contributed by atoms with van der Waals surface area (Å²) in [6.45, 7) is 3.41. The molecule has 2 fully saturated rings. The van der Waals surface area contributed by atoms with Gasteiger partial charge in [-0.3, -0.25) is 0 Å². The predicted octanol–water partition coefficient (Wildman–Crippen LogP) is 3.63. The van der Waals surface area contributed by atoms with Gasteiger partial charge in [0.15, 0.2) is 0 Å². The Hall–Kier alpha value is -0.820. The molecule has 2 saturated carbocycles. The molecule has 0 aromatic heterocycles. The number of hydrogen-bond acceptors (Lipinski definition) is 1. The van der Waals surface area contributed by atoms with Crippen LogP contribution in [0, 0.1) is 12.8 Å². The fourth-order valence-corrected chi connectivity index (χ4v) is 3.14. The van der Waals surface area contributed by atoms with Gasteiger partial charge in [0.1, 0.15) is 0 Å². The molecule has 2 aliphatic rings. The Morgan fingerprint density at radius 2 is 1.82 bits per heavy atom. The second-order valence-electron chi connectivity index (χ2n) is 5.89. The highest BCUT2D eigenvalue weighted by atomic mass is 14.9. The van der Waals surface area contributed by atoms with Crippen molar-refractivity contribution in [2.24, 2.45) is 5.92 Å². The smallest absolute Gasteiger partial charge is 0.00683 e. The SMILES string of the molecule is Cc1ccc(C2CCCC2CNC2CC2)cc1. The van der Waals surface area contributed by atoms with Crippen LogP contribution in [-0.2, 0) is 0 Å². The summed E-state index contributed by atoms with van der Waals surface area (Å²) in [5.41, 5.74) is 2.94. The highest BCUT2D eigenvalue weighted by molar-refractivity contribution is 5.26. The second-order valence-corrected chi connectivity index (χ2v) is 5.89. The highest BCUT2D eigenvalue weighted by Gasteiger charge is 2.30. The number of hydrogen-bond donors (Lipinski definition) is 1. The molecule has 3 rings (SSSR count). The van der Waals surface area contributed by atoms with E-state index >= 15 is 0 Å². The van der Waals surface area contributed by atoms with E-state index in [1.54, 1.807) is 5.56 Å². The summed E-state index contributed by atoms with van der Waals surface area (Å²) in [6, 6.07) is 10.1. The number of nitrogens with one attached hydrogen (secondary N) is 1. The lowest BCUT2D eigenvalue weighted by Crippen LogP contribution is -2.26. The van der Waals surface area contributed by atoms with E-state index in [-0.39, 0.29) is 0 Å². The molecule has 0 heterocycles. The Labute approximate surface area is 105 Å². The fourth-order valence-electron chi connectivity index (χ4n) is 3.14. The van der Waals surface area contributed by atoms with Crippen molar-refractivity contribution in [1.29, 1.82) is 0 Å². The van der Waals surface area contributed by atoms with Crippen LogP contribution in [0.1, 0.15) is 49.1 Å². The van der Waals surface area contributed by atoms with Crippen molar-refractivity contribution in [3.05, 3.63) is 35.4 Å². The molecule has 0 aliphatic heterocycles. The average Bonchev–Trinajstić information content (AvgIpc) is 3.06. The minimum absolute atomic E-state index is 0.807. The molecule has 1 heteroatoms. The standard InChI is InChI=1S/C16H23N/c1-12-5-7-13(8-6-12)16-4-2-3-14(16)11-17-15-9-10-15/h5-8,14-17H,2-4,9-11H2,1H3. The van der Waals surface area contributed by atoms with Gasteiger partial charge in [-0.05, 0) is 56.6 Å². The van der Waals surface area contributed by atoms with Gasteiger partial charge >= 0.3 is 0 Å². The minimum atomic E-state index is 0.807. The van der Waals surface area contributed by atoms with Crippen molar-refractivity contribution in [3.8, 4) is 0 Å². The molecule has 0 bridgehead atoms. The lowest BCUT2D eigenvalue weighted by molar-refractivity contribution is 0.442. The topological polar surface area (TPSA) is 12.0 Å². The summed E-state index contributed by atoms with van der Waals surface area (Å²) >= 11 is 0. The van der Waals surface area contributed by atoms with Crippen LogP contribution in [0.4, 0.5) is 0 Å². The van der Waals surface area contributed by atoms with E-state index in [0.717, 1.165) is 17.9 Å². The van der Waals surface area contributed by atoms with Crippen molar-refractivity contribution in [2.45, 2.75) is 51.0 Å². The van der Waals surface area contributed by atoms with Crippen molar-refractivity contribution in [3.63, 3.8) is 0 Å². The van der Waals surface area contributed by atoms with Crippen LogP contribution in [0.3, 0.4) is 0 Å². The Balaban J connectivity index is 1.65. The Morgan fingerprint density at radius 3 is 2.53 bits per heavy atom. The summed E-state index contributed by atoms with van der Waals surface area (Å²) in [5.74, 6) is 1.68. The van der Waals surface area contributed by atoms with Crippen LogP contribution in [0.15, 0.2) is 24.3 Å². The van der Waals surface area contributed by atoms with Gasteiger partial charge in [0.05, 0.1) is 0 Å². The van der Waals surface area contributed by atoms with Gasteiger partial charge in [-0.25, -0.2) is 0 Å². The molecular formula is C16H23N. The maximum Gasteiger partial charge on any atom is 0.00683 e. The minimum Gasteiger partial charge on any atom is -0.314 e. The van der Waals surface area contributed by atoms with Gasteiger partial charge in [0.25, 0.3) is 0 Å². The summed E-state index contributed by atoms with van der Waals surface area (Å²) in [4.78, 5) is 0. The van der Waals surface area contributed by atoms with Crippen molar-refractivity contribution in [1.82, 2.24) is 5.32 Å². The number of benzene rings is 1. The molecule has 1 N–H and O–H groups in total. The molecule has 1 aromatic rings. The molecular weight excluding hydrogens is 206 g/mol. The first-order chi connectivity index (χ1) is 8.33. The second kappa shape index (κ2) is 4.81. The Bertz CT molecular complexity index is 364. The van der Waals surface area contributed by atoms with Crippen LogP contribution >= 0.6 is 0 Å². The number of rotatable bonds is 4. The molecule has 0 radical (unpaired) electrons. The van der Waals surface area contributed by atoms with E-state index in [0.29, 0.717) is 0 Å². The zero-order valence-electron chi connectivity index (χ0n) is 10.8. The molecule has 92 valence electrons. The van der Waals surface area contributed by atoms with Crippen molar-refractivity contribution in [2.75, 3.05) is 6.54 Å². The molecule has 1 nitrogen and oxygen atoms in total. The summed E-state index contributed by atoms with van der Waals surface area (Å²) in [7, 11) is 0. The first kappa shape index (κ1) is 11.3. The average molecular weight is 229 g/mol. The van der Waals surface area contributed by atoms with Crippen LogP contribution < -0.4 is 5.32 Å². The maximum absolute atomic E-state index is 3.71. The van der Waals surface area contributed by atoms with Crippen LogP contribution in [-0.4, -0.2) is 12.6 Å².